The molecule has 0 saturated heterocycles. The molecule has 0 radical (unpaired) electrons. The third-order valence-electron chi connectivity index (χ3n) is 6.28. The van der Waals surface area contributed by atoms with Gasteiger partial charge in [0.1, 0.15) is 0 Å². The lowest BCUT2D eigenvalue weighted by atomic mass is 9.87. The van der Waals surface area contributed by atoms with E-state index in [1.165, 1.54) is 55.6 Å². The van der Waals surface area contributed by atoms with Gasteiger partial charge in [-0.2, -0.15) is 23.5 Å². The largest absolute Gasteiger partial charge is 0.312 e. The molecule has 2 rings (SSSR count). The smallest absolute Gasteiger partial charge is 0.0162 e. The van der Waals surface area contributed by atoms with Gasteiger partial charge in [-0.1, -0.05) is 26.0 Å². The van der Waals surface area contributed by atoms with Crippen LogP contribution >= 0.6 is 23.5 Å². The first-order chi connectivity index (χ1) is 13.1. The number of thioether (sulfide) groups is 2. The van der Waals surface area contributed by atoms with Crippen LogP contribution < -0.4 is 5.32 Å². The van der Waals surface area contributed by atoms with Crippen molar-refractivity contribution in [3.8, 4) is 0 Å². The van der Waals surface area contributed by atoms with Crippen LogP contribution in [0.25, 0.3) is 0 Å². The van der Waals surface area contributed by atoms with E-state index < -0.39 is 0 Å². The zero-order valence-corrected chi connectivity index (χ0v) is 19.4. The Labute approximate surface area is 177 Å². The van der Waals surface area contributed by atoms with Gasteiger partial charge in [0.05, 0.1) is 0 Å². The topological polar surface area (TPSA) is 35.9 Å². The summed E-state index contributed by atoms with van der Waals surface area (Å²) in [6, 6.07) is 0. The van der Waals surface area contributed by atoms with E-state index >= 15 is 0 Å². The van der Waals surface area contributed by atoms with Gasteiger partial charge in [-0.3, -0.25) is 0 Å². The minimum atomic E-state index is 0.916. The van der Waals surface area contributed by atoms with Gasteiger partial charge in [-0.15, -0.1) is 0 Å². The van der Waals surface area contributed by atoms with E-state index in [0.29, 0.717) is 0 Å². The standard InChI is InChI=1S/C23H42N2S2/c1-18(17-25-14-16-27-23-13-11-20(23)3)7-4-5-8-21(24)9-6-15-26-22-12-10-19(22)2/h19-20,22-25H,1,4-17H2,2-3H3. The van der Waals surface area contributed by atoms with E-state index in [2.05, 4.69) is 49.3 Å². The average molecular weight is 411 g/mol. The van der Waals surface area contributed by atoms with Gasteiger partial charge in [0.2, 0.25) is 0 Å². The van der Waals surface area contributed by atoms with Crippen molar-refractivity contribution < 1.29 is 0 Å². The molecule has 4 atom stereocenters. The molecule has 0 spiro atoms. The molecule has 2 aliphatic carbocycles. The molecule has 0 heterocycles. The first kappa shape index (κ1) is 23.3. The summed E-state index contributed by atoms with van der Waals surface area (Å²) in [6.45, 7) is 11.0. The molecular formula is C23H42N2S2. The Balaban J connectivity index is 1.33. The zero-order valence-electron chi connectivity index (χ0n) is 17.7. The summed E-state index contributed by atoms with van der Waals surface area (Å²) < 4.78 is 0. The predicted octanol–water partition coefficient (Wildman–Crippen LogP) is 6.56. The van der Waals surface area contributed by atoms with Crippen LogP contribution in [0.2, 0.25) is 0 Å². The fourth-order valence-corrected chi connectivity index (χ4v) is 6.48. The Hall–Kier alpha value is 0.0700. The zero-order chi connectivity index (χ0) is 19.5. The Kier molecular flexibility index (Phi) is 11.5. The minimum Gasteiger partial charge on any atom is -0.312 e. The quantitative estimate of drug-likeness (QED) is 0.172. The summed E-state index contributed by atoms with van der Waals surface area (Å²) >= 11 is 4.29. The predicted molar refractivity (Wildman–Crippen MR) is 127 cm³/mol. The number of hydrogen-bond acceptors (Lipinski definition) is 4. The highest BCUT2D eigenvalue weighted by molar-refractivity contribution is 8.00. The van der Waals surface area contributed by atoms with Gasteiger partial charge in [0.15, 0.2) is 0 Å². The van der Waals surface area contributed by atoms with Crippen LogP contribution in [0.1, 0.15) is 78.1 Å². The molecule has 4 heteroatoms. The number of hydrogen-bond donors (Lipinski definition) is 2. The third-order valence-corrected chi connectivity index (χ3v) is 9.50. The van der Waals surface area contributed by atoms with Crippen molar-refractivity contribution in [2.45, 2.75) is 88.6 Å². The van der Waals surface area contributed by atoms with E-state index in [1.54, 1.807) is 0 Å². The van der Waals surface area contributed by atoms with Crippen molar-refractivity contribution in [3.05, 3.63) is 12.2 Å². The van der Waals surface area contributed by atoms with Gasteiger partial charge in [0.25, 0.3) is 0 Å². The van der Waals surface area contributed by atoms with Crippen LogP contribution in [0.15, 0.2) is 12.2 Å². The van der Waals surface area contributed by atoms with Crippen molar-refractivity contribution in [1.82, 2.24) is 5.32 Å². The average Bonchev–Trinajstić information content (AvgIpc) is 2.65. The Morgan fingerprint density at radius 3 is 2.07 bits per heavy atom. The first-order valence-corrected chi connectivity index (χ1v) is 13.3. The summed E-state index contributed by atoms with van der Waals surface area (Å²) in [7, 11) is 0. The van der Waals surface area contributed by atoms with Gasteiger partial charge < -0.3 is 10.7 Å². The van der Waals surface area contributed by atoms with Crippen LogP contribution in [0.3, 0.4) is 0 Å². The van der Waals surface area contributed by atoms with E-state index in [-0.39, 0.29) is 0 Å². The molecule has 0 bridgehead atoms. The Morgan fingerprint density at radius 2 is 1.48 bits per heavy atom. The second-order valence-corrected chi connectivity index (χ2v) is 11.5. The normalized spacial score (nSPS) is 27.0. The summed E-state index contributed by atoms with van der Waals surface area (Å²) in [4.78, 5) is 0. The highest BCUT2D eigenvalue weighted by Gasteiger charge is 2.27. The maximum absolute atomic E-state index is 8.14. The Bertz CT molecular complexity index is 452. The SMILES string of the molecule is C=C(CCCCC(=N)CCCSC1CCC1C)CNCCSC1CCC1C. The molecule has 2 fully saturated rings. The molecule has 0 aromatic heterocycles. The summed E-state index contributed by atoms with van der Waals surface area (Å²) in [5.41, 5.74) is 2.29. The molecule has 0 aliphatic heterocycles. The van der Waals surface area contributed by atoms with Gasteiger partial charge >= 0.3 is 0 Å². The molecule has 0 aromatic rings. The van der Waals surface area contributed by atoms with Crippen molar-refractivity contribution >= 4 is 29.2 Å². The molecule has 2 saturated carbocycles. The summed E-state index contributed by atoms with van der Waals surface area (Å²) in [6.07, 6.45) is 12.3. The van der Waals surface area contributed by atoms with E-state index in [9.17, 15) is 0 Å². The fourth-order valence-electron chi connectivity index (χ4n) is 3.76. The van der Waals surface area contributed by atoms with Crippen LogP contribution in [-0.2, 0) is 0 Å². The molecule has 0 amide bonds. The summed E-state index contributed by atoms with van der Waals surface area (Å²) in [5, 5.41) is 13.5. The molecule has 2 N–H and O–H groups in total. The molecular weight excluding hydrogens is 368 g/mol. The molecule has 27 heavy (non-hydrogen) atoms. The van der Waals surface area contributed by atoms with E-state index in [1.807, 2.05) is 0 Å². The first-order valence-electron chi connectivity index (χ1n) is 11.2. The molecule has 2 nitrogen and oxygen atoms in total. The monoisotopic (exact) mass is 410 g/mol. The second-order valence-electron chi connectivity index (χ2n) is 8.77. The maximum Gasteiger partial charge on any atom is 0.0162 e. The number of unbranched alkanes of at least 4 members (excludes halogenated alkanes) is 1. The lowest BCUT2D eigenvalue weighted by Crippen LogP contribution is -2.28. The van der Waals surface area contributed by atoms with Gasteiger partial charge in [-0.25, -0.2) is 0 Å². The fraction of sp³-hybridized carbons (Fsp3) is 0.870. The molecule has 156 valence electrons. The molecule has 4 unspecified atom stereocenters. The molecule has 0 aromatic carbocycles. The minimum absolute atomic E-state index is 0.916. The number of rotatable bonds is 16. The maximum atomic E-state index is 8.14. The number of nitrogens with one attached hydrogen (secondary N) is 2. The van der Waals surface area contributed by atoms with Crippen molar-refractivity contribution in [2.24, 2.45) is 11.8 Å². The van der Waals surface area contributed by atoms with Crippen LogP contribution in [0.4, 0.5) is 0 Å². The van der Waals surface area contributed by atoms with Crippen LogP contribution in [0, 0.1) is 17.2 Å². The van der Waals surface area contributed by atoms with E-state index in [0.717, 1.165) is 66.8 Å². The highest BCUT2D eigenvalue weighted by Crippen LogP contribution is 2.37. The lowest BCUT2D eigenvalue weighted by Gasteiger charge is -2.33. The second kappa shape index (κ2) is 13.3. The van der Waals surface area contributed by atoms with E-state index in [4.69, 9.17) is 5.41 Å². The lowest BCUT2D eigenvalue weighted by molar-refractivity contribution is 0.362. The van der Waals surface area contributed by atoms with Crippen molar-refractivity contribution in [2.75, 3.05) is 24.6 Å². The van der Waals surface area contributed by atoms with Crippen LogP contribution in [0.5, 0.6) is 0 Å². The van der Waals surface area contributed by atoms with Gasteiger partial charge in [-0.05, 0) is 81.8 Å². The van der Waals surface area contributed by atoms with Crippen molar-refractivity contribution in [1.29, 1.82) is 5.41 Å². The highest BCUT2D eigenvalue weighted by atomic mass is 32.2. The van der Waals surface area contributed by atoms with Gasteiger partial charge in [0, 0.05) is 35.1 Å². The Morgan fingerprint density at radius 1 is 0.889 bits per heavy atom. The summed E-state index contributed by atoms with van der Waals surface area (Å²) in [5.74, 6) is 4.35. The van der Waals surface area contributed by atoms with Crippen LogP contribution in [-0.4, -0.2) is 40.8 Å². The third kappa shape index (κ3) is 9.41. The molecule has 2 aliphatic rings. The van der Waals surface area contributed by atoms with Crippen molar-refractivity contribution in [3.63, 3.8) is 0 Å².